The minimum atomic E-state index is -0.366. The van der Waals surface area contributed by atoms with Crippen molar-refractivity contribution in [2.24, 2.45) is 0 Å². The number of benzene rings is 2. The largest absolute Gasteiger partial charge is 0.490 e. The van der Waals surface area contributed by atoms with Gasteiger partial charge in [0.15, 0.2) is 0 Å². The molecule has 0 unspecified atom stereocenters. The molecule has 4 heteroatoms. The van der Waals surface area contributed by atoms with Crippen molar-refractivity contribution >= 4 is 11.6 Å². The van der Waals surface area contributed by atoms with Crippen LogP contribution in [0.2, 0.25) is 5.02 Å². The van der Waals surface area contributed by atoms with E-state index < -0.39 is 0 Å². The molecule has 2 nitrogen and oxygen atoms in total. The third kappa shape index (κ3) is 3.09. The molecule has 0 aliphatic heterocycles. The molecule has 2 aromatic carbocycles. The van der Waals surface area contributed by atoms with Gasteiger partial charge in [0.05, 0.1) is 11.7 Å². The second kappa shape index (κ2) is 5.94. The lowest BCUT2D eigenvalue weighted by molar-refractivity contribution is 0.242. The van der Waals surface area contributed by atoms with Gasteiger partial charge < -0.3 is 4.74 Å². The second-order valence-electron chi connectivity index (χ2n) is 4.61. The molecule has 0 radical (unpaired) electrons. The fourth-order valence-electron chi connectivity index (χ4n) is 1.85. The molecule has 0 aromatic heterocycles. The van der Waals surface area contributed by atoms with Crippen molar-refractivity contribution in [1.29, 1.82) is 5.26 Å². The fourth-order valence-corrected chi connectivity index (χ4v) is 2.02. The Balaban J connectivity index is 2.53. The zero-order valence-corrected chi connectivity index (χ0v) is 11.9. The van der Waals surface area contributed by atoms with Gasteiger partial charge in [0.2, 0.25) is 0 Å². The molecule has 0 bridgehead atoms. The summed E-state index contributed by atoms with van der Waals surface area (Å²) in [4.78, 5) is 0. The maximum absolute atomic E-state index is 13.9. The van der Waals surface area contributed by atoms with Crippen LogP contribution < -0.4 is 4.74 Å². The van der Waals surface area contributed by atoms with E-state index in [1.54, 1.807) is 24.3 Å². The lowest BCUT2D eigenvalue weighted by Crippen LogP contribution is -2.07. The molecular formula is C16H13ClFNO. The predicted molar refractivity (Wildman–Crippen MR) is 77.3 cm³/mol. The van der Waals surface area contributed by atoms with E-state index >= 15 is 0 Å². The highest BCUT2D eigenvalue weighted by Crippen LogP contribution is 2.31. The number of hydrogen-bond acceptors (Lipinski definition) is 2. The molecule has 102 valence electrons. The lowest BCUT2D eigenvalue weighted by Gasteiger charge is -2.13. The standard InChI is InChI=1S/C16H13ClFNO/c1-10(2)20-16-7-11(3-4-12(16)9-19)14-8-13(17)5-6-15(14)18/h3-8,10H,1-2H3. The number of nitriles is 1. The first kappa shape index (κ1) is 14.4. The van der Waals surface area contributed by atoms with E-state index in [2.05, 4.69) is 6.07 Å². The maximum atomic E-state index is 13.9. The normalized spacial score (nSPS) is 10.4. The smallest absolute Gasteiger partial charge is 0.138 e. The van der Waals surface area contributed by atoms with Gasteiger partial charge in [0.1, 0.15) is 17.6 Å². The van der Waals surface area contributed by atoms with E-state index in [0.717, 1.165) is 0 Å². The summed E-state index contributed by atoms with van der Waals surface area (Å²) in [7, 11) is 0. The Kier molecular flexibility index (Phi) is 4.26. The van der Waals surface area contributed by atoms with Crippen molar-refractivity contribution in [3.63, 3.8) is 0 Å². The van der Waals surface area contributed by atoms with Crippen LogP contribution in [0.3, 0.4) is 0 Å². The van der Waals surface area contributed by atoms with Crippen molar-refractivity contribution in [3.05, 3.63) is 52.8 Å². The summed E-state index contributed by atoms with van der Waals surface area (Å²) < 4.78 is 19.5. The molecule has 2 rings (SSSR count). The van der Waals surface area contributed by atoms with Crippen LogP contribution in [0.1, 0.15) is 19.4 Å². The van der Waals surface area contributed by atoms with Crippen molar-refractivity contribution in [2.75, 3.05) is 0 Å². The van der Waals surface area contributed by atoms with Gasteiger partial charge in [-0.05, 0) is 49.7 Å². The van der Waals surface area contributed by atoms with Crippen LogP contribution in [0.4, 0.5) is 4.39 Å². The summed E-state index contributed by atoms with van der Waals surface area (Å²) in [5, 5.41) is 9.52. The average molecular weight is 290 g/mol. The van der Waals surface area contributed by atoms with E-state index in [9.17, 15) is 4.39 Å². The van der Waals surface area contributed by atoms with E-state index in [-0.39, 0.29) is 11.9 Å². The predicted octanol–water partition coefficient (Wildman–Crippen LogP) is 4.80. The molecule has 0 aliphatic rings. The van der Waals surface area contributed by atoms with Crippen LogP contribution in [0, 0.1) is 17.1 Å². The number of rotatable bonds is 3. The molecule has 0 heterocycles. The van der Waals surface area contributed by atoms with Gasteiger partial charge in [-0.3, -0.25) is 0 Å². The number of ether oxygens (including phenoxy) is 1. The molecule has 0 saturated carbocycles. The highest BCUT2D eigenvalue weighted by atomic mass is 35.5. The highest BCUT2D eigenvalue weighted by Gasteiger charge is 2.11. The van der Waals surface area contributed by atoms with Crippen molar-refractivity contribution in [3.8, 4) is 22.9 Å². The Morgan fingerprint density at radius 3 is 2.60 bits per heavy atom. The average Bonchev–Trinajstić information content (AvgIpc) is 2.41. The topological polar surface area (TPSA) is 33.0 Å². The first-order chi connectivity index (χ1) is 9.51. The summed E-state index contributed by atoms with van der Waals surface area (Å²) in [6.45, 7) is 3.74. The van der Waals surface area contributed by atoms with Crippen LogP contribution in [0.15, 0.2) is 36.4 Å². The Morgan fingerprint density at radius 2 is 1.95 bits per heavy atom. The maximum Gasteiger partial charge on any atom is 0.138 e. The quantitative estimate of drug-likeness (QED) is 0.812. The van der Waals surface area contributed by atoms with Crippen molar-refractivity contribution < 1.29 is 9.13 Å². The molecule has 20 heavy (non-hydrogen) atoms. The summed E-state index contributed by atoms with van der Waals surface area (Å²) in [5.74, 6) is 0.0778. The number of hydrogen-bond donors (Lipinski definition) is 0. The van der Waals surface area contributed by atoms with Gasteiger partial charge in [0.25, 0.3) is 0 Å². The van der Waals surface area contributed by atoms with Crippen LogP contribution in [0.5, 0.6) is 5.75 Å². The Hall–Kier alpha value is -2.05. The zero-order chi connectivity index (χ0) is 14.7. The summed E-state index contributed by atoms with van der Waals surface area (Å²) in [5.41, 5.74) is 1.43. The molecule has 0 saturated heterocycles. The first-order valence-electron chi connectivity index (χ1n) is 6.17. The summed E-state index contributed by atoms with van der Waals surface area (Å²) in [6.07, 6.45) is -0.0680. The third-order valence-electron chi connectivity index (χ3n) is 2.70. The van der Waals surface area contributed by atoms with Crippen LogP contribution in [-0.2, 0) is 0 Å². The third-order valence-corrected chi connectivity index (χ3v) is 2.94. The van der Waals surface area contributed by atoms with Gasteiger partial charge in [0, 0.05) is 10.6 Å². The molecule has 0 amide bonds. The first-order valence-corrected chi connectivity index (χ1v) is 6.55. The molecule has 0 aliphatic carbocycles. The SMILES string of the molecule is CC(C)Oc1cc(-c2cc(Cl)ccc2F)ccc1C#N. The fraction of sp³-hybridized carbons (Fsp3) is 0.188. The van der Waals surface area contributed by atoms with E-state index in [4.69, 9.17) is 21.6 Å². The molecular weight excluding hydrogens is 277 g/mol. The van der Waals surface area contributed by atoms with Gasteiger partial charge >= 0.3 is 0 Å². The molecule has 0 N–H and O–H groups in total. The molecule has 0 spiro atoms. The van der Waals surface area contributed by atoms with E-state index in [1.807, 2.05) is 13.8 Å². The minimum Gasteiger partial charge on any atom is -0.490 e. The monoisotopic (exact) mass is 289 g/mol. The Bertz CT molecular complexity index is 677. The van der Waals surface area contributed by atoms with E-state index in [0.29, 0.717) is 27.5 Å². The van der Waals surface area contributed by atoms with Gasteiger partial charge in [-0.15, -0.1) is 0 Å². The molecule has 2 aromatic rings. The lowest BCUT2D eigenvalue weighted by atomic mass is 10.0. The van der Waals surface area contributed by atoms with Crippen molar-refractivity contribution in [2.45, 2.75) is 20.0 Å². The minimum absolute atomic E-state index is 0.0680. The molecule has 0 atom stereocenters. The highest BCUT2D eigenvalue weighted by molar-refractivity contribution is 6.30. The van der Waals surface area contributed by atoms with Crippen LogP contribution in [-0.4, -0.2) is 6.10 Å². The number of halogens is 2. The van der Waals surface area contributed by atoms with Crippen molar-refractivity contribution in [1.82, 2.24) is 0 Å². The van der Waals surface area contributed by atoms with Gasteiger partial charge in [-0.2, -0.15) is 5.26 Å². The van der Waals surface area contributed by atoms with Crippen LogP contribution >= 0.6 is 11.6 Å². The molecule has 0 fully saturated rings. The Morgan fingerprint density at radius 1 is 1.20 bits per heavy atom. The van der Waals surface area contributed by atoms with E-state index in [1.165, 1.54) is 12.1 Å². The second-order valence-corrected chi connectivity index (χ2v) is 5.05. The zero-order valence-electron chi connectivity index (χ0n) is 11.2. The summed E-state index contributed by atoms with van der Waals surface area (Å²) >= 11 is 5.90. The Labute approximate surface area is 122 Å². The van der Waals surface area contributed by atoms with Gasteiger partial charge in [-0.25, -0.2) is 4.39 Å². The number of nitrogens with zero attached hydrogens (tertiary/aromatic N) is 1. The summed E-state index contributed by atoms with van der Waals surface area (Å²) in [6, 6.07) is 11.4. The van der Waals surface area contributed by atoms with Crippen LogP contribution in [0.25, 0.3) is 11.1 Å². The van der Waals surface area contributed by atoms with Gasteiger partial charge in [-0.1, -0.05) is 17.7 Å².